The summed E-state index contributed by atoms with van der Waals surface area (Å²) in [4.78, 5) is 11.0. The third-order valence-electron chi connectivity index (χ3n) is 4.16. The highest BCUT2D eigenvalue weighted by Gasteiger charge is 2.09. The van der Waals surface area contributed by atoms with E-state index in [1.807, 2.05) is 6.07 Å². The van der Waals surface area contributed by atoms with Crippen LogP contribution in [0.1, 0.15) is 11.1 Å². The highest BCUT2D eigenvalue weighted by Crippen LogP contribution is 2.21. The van der Waals surface area contributed by atoms with Crippen LogP contribution in [0.2, 0.25) is 0 Å². The van der Waals surface area contributed by atoms with Crippen molar-refractivity contribution in [3.8, 4) is 0 Å². The molecule has 1 aliphatic rings. The summed E-state index contributed by atoms with van der Waals surface area (Å²) in [6, 6.07) is 8.30. The van der Waals surface area contributed by atoms with Gasteiger partial charge in [0.1, 0.15) is 18.0 Å². The first-order chi connectivity index (χ1) is 11.7. The molecule has 0 radical (unpaired) electrons. The summed E-state index contributed by atoms with van der Waals surface area (Å²) in [5.41, 5.74) is 3.50. The van der Waals surface area contributed by atoms with Crippen molar-refractivity contribution in [2.75, 3.05) is 50.0 Å². The van der Waals surface area contributed by atoms with Crippen molar-refractivity contribution in [2.45, 2.75) is 13.8 Å². The number of aryl methyl sites for hydroxylation is 2. The fraction of sp³-hybridized carbons (Fsp3) is 0.444. The van der Waals surface area contributed by atoms with Gasteiger partial charge in [-0.1, -0.05) is 12.1 Å². The molecule has 0 amide bonds. The lowest BCUT2D eigenvalue weighted by Crippen LogP contribution is -2.39. The number of hydrogen-bond acceptors (Lipinski definition) is 6. The lowest BCUT2D eigenvalue weighted by atomic mass is 10.1. The molecule has 3 rings (SSSR count). The first kappa shape index (κ1) is 16.7. The summed E-state index contributed by atoms with van der Waals surface area (Å²) in [7, 11) is 0. The Balaban J connectivity index is 1.56. The minimum absolute atomic E-state index is 0.799. The Kier molecular flexibility index (Phi) is 5.61. The van der Waals surface area contributed by atoms with Crippen molar-refractivity contribution >= 4 is 17.3 Å². The van der Waals surface area contributed by atoms with Gasteiger partial charge in [-0.25, -0.2) is 9.97 Å². The smallest absolute Gasteiger partial charge is 0.135 e. The van der Waals surface area contributed by atoms with Gasteiger partial charge in [0, 0.05) is 37.9 Å². The number of benzene rings is 1. The van der Waals surface area contributed by atoms with Crippen LogP contribution in [0.25, 0.3) is 0 Å². The van der Waals surface area contributed by atoms with E-state index in [1.165, 1.54) is 11.1 Å². The molecule has 0 atom stereocenters. The van der Waals surface area contributed by atoms with E-state index < -0.39 is 0 Å². The highest BCUT2D eigenvalue weighted by atomic mass is 16.5. The molecule has 1 aliphatic heterocycles. The van der Waals surface area contributed by atoms with Gasteiger partial charge >= 0.3 is 0 Å². The molecule has 1 saturated heterocycles. The summed E-state index contributed by atoms with van der Waals surface area (Å²) in [6.45, 7) is 9.70. The number of anilines is 3. The third-order valence-corrected chi connectivity index (χ3v) is 4.16. The second kappa shape index (κ2) is 8.08. The molecule has 2 aromatic rings. The number of morpholine rings is 1. The second-order valence-electron chi connectivity index (χ2n) is 6.11. The average molecular weight is 327 g/mol. The van der Waals surface area contributed by atoms with Gasteiger partial charge in [0.15, 0.2) is 0 Å². The first-order valence-electron chi connectivity index (χ1n) is 8.41. The lowest BCUT2D eigenvalue weighted by molar-refractivity contribution is 0.0398. The fourth-order valence-electron chi connectivity index (χ4n) is 2.70. The molecule has 1 aromatic carbocycles. The van der Waals surface area contributed by atoms with Gasteiger partial charge in [-0.2, -0.15) is 0 Å². The molecule has 6 heteroatoms. The van der Waals surface area contributed by atoms with Crippen molar-refractivity contribution in [3.63, 3.8) is 0 Å². The van der Waals surface area contributed by atoms with Crippen molar-refractivity contribution < 1.29 is 4.74 Å². The van der Waals surface area contributed by atoms with Gasteiger partial charge in [-0.3, -0.25) is 4.90 Å². The zero-order valence-corrected chi connectivity index (χ0v) is 14.4. The van der Waals surface area contributed by atoms with Crippen LogP contribution >= 0.6 is 0 Å². The molecule has 2 N–H and O–H groups in total. The fourth-order valence-corrected chi connectivity index (χ4v) is 2.70. The van der Waals surface area contributed by atoms with Gasteiger partial charge in [-0.05, 0) is 31.0 Å². The van der Waals surface area contributed by atoms with Crippen molar-refractivity contribution in [1.82, 2.24) is 14.9 Å². The second-order valence-corrected chi connectivity index (χ2v) is 6.11. The summed E-state index contributed by atoms with van der Waals surface area (Å²) < 4.78 is 5.36. The standard InChI is InChI=1S/C18H25N5O/c1-14-3-4-15(2)16(11-14)22-18-12-17(20-13-21-18)19-5-6-23-7-9-24-10-8-23/h3-4,11-13H,5-10H2,1-2H3,(H2,19,20,21,22). The minimum atomic E-state index is 0.799. The van der Waals surface area contributed by atoms with Gasteiger partial charge in [0.05, 0.1) is 13.2 Å². The van der Waals surface area contributed by atoms with E-state index in [0.29, 0.717) is 0 Å². The number of nitrogens with one attached hydrogen (secondary N) is 2. The molecule has 2 heterocycles. The van der Waals surface area contributed by atoms with E-state index in [2.05, 4.69) is 57.5 Å². The van der Waals surface area contributed by atoms with E-state index in [-0.39, 0.29) is 0 Å². The van der Waals surface area contributed by atoms with E-state index in [9.17, 15) is 0 Å². The third kappa shape index (κ3) is 4.66. The normalized spacial score (nSPS) is 15.2. The predicted octanol–water partition coefficient (Wildman–Crippen LogP) is 2.58. The maximum absolute atomic E-state index is 5.36. The number of rotatable bonds is 6. The molecular formula is C18H25N5O. The molecule has 0 aliphatic carbocycles. The molecule has 6 nitrogen and oxygen atoms in total. The van der Waals surface area contributed by atoms with Crippen molar-refractivity contribution in [2.24, 2.45) is 0 Å². The topological polar surface area (TPSA) is 62.3 Å². The van der Waals surface area contributed by atoms with Crippen LogP contribution in [0.5, 0.6) is 0 Å². The van der Waals surface area contributed by atoms with Crippen LogP contribution in [0, 0.1) is 13.8 Å². The molecule has 0 unspecified atom stereocenters. The summed E-state index contributed by atoms with van der Waals surface area (Å²) >= 11 is 0. The van der Waals surface area contributed by atoms with E-state index in [1.54, 1.807) is 6.33 Å². The summed E-state index contributed by atoms with van der Waals surface area (Å²) in [5.74, 6) is 1.64. The SMILES string of the molecule is Cc1ccc(C)c(Nc2cc(NCCN3CCOCC3)ncn2)c1. The molecular weight excluding hydrogens is 302 g/mol. The Morgan fingerprint density at radius 1 is 1.08 bits per heavy atom. The van der Waals surface area contributed by atoms with E-state index >= 15 is 0 Å². The number of ether oxygens (including phenoxy) is 1. The van der Waals surface area contributed by atoms with Crippen LogP contribution in [0.15, 0.2) is 30.6 Å². The Labute approximate surface area is 143 Å². The monoisotopic (exact) mass is 327 g/mol. The number of hydrogen-bond donors (Lipinski definition) is 2. The molecule has 128 valence electrons. The van der Waals surface area contributed by atoms with E-state index in [0.717, 1.165) is 56.7 Å². The highest BCUT2D eigenvalue weighted by molar-refractivity contribution is 5.62. The lowest BCUT2D eigenvalue weighted by Gasteiger charge is -2.26. The van der Waals surface area contributed by atoms with Crippen LogP contribution in [0.3, 0.4) is 0 Å². The van der Waals surface area contributed by atoms with Crippen LogP contribution in [0.4, 0.5) is 17.3 Å². The van der Waals surface area contributed by atoms with Crippen LogP contribution in [-0.4, -0.2) is 54.3 Å². The zero-order chi connectivity index (χ0) is 16.8. The van der Waals surface area contributed by atoms with Gasteiger partial charge in [-0.15, -0.1) is 0 Å². The Hall–Kier alpha value is -2.18. The largest absolute Gasteiger partial charge is 0.379 e. The van der Waals surface area contributed by atoms with Gasteiger partial charge < -0.3 is 15.4 Å². The number of aromatic nitrogens is 2. The first-order valence-corrected chi connectivity index (χ1v) is 8.41. The summed E-state index contributed by atoms with van der Waals surface area (Å²) in [5, 5.41) is 6.75. The Bertz CT molecular complexity index is 670. The van der Waals surface area contributed by atoms with Gasteiger partial charge in [0.2, 0.25) is 0 Å². The quantitative estimate of drug-likeness (QED) is 0.850. The van der Waals surface area contributed by atoms with Crippen molar-refractivity contribution in [3.05, 3.63) is 41.7 Å². The van der Waals surface area contributed by atoms with Crippen LogP contribution in [-0.2, 0) is 4.74 Å². The minimum Gasteiger partial charge on any atom is -0.379 e. The maximum atomic E-state index is 5.36. The summed E-state index contributed by atoms with van der Waals surface area (Å²) in [6.07, 6.45) is 1.59. The maximum Gasteiger partial charge on any atom is 0.135 e. The Morgan fingerprint density at radius 3 is 2.71 bits per heavy atom. The Morgan fingerprint density at radius 2 is 1.88 bits per heavy atom. The molecule has 0 bridgehead atoms. The van der Waals surface area contributed by atoms with E-state index in [4.69, 9.17) is 4.74 Å². The molecule has 1 fully saturated rings. The van der Waals surface area contributed by atoms with Gasteiger partial charge in [0.25, 0.3) is 0 Å². The molecule has 0 spiro atoms. The molecule has 1 aromatic heterocycles. The zero-order valence-electron chi connectivity index (χ0n) is 14.4. The molecule has 24 heavy (non-hydrogen) atoms. The predicted molar refractivity (Wildman–Crippen MR) is 97.0 cm³/mol. The average Bonchev–Trinajstić information content (AvgIpc) is 2.60. The van der Waals surface area contributed by atoms with Crippen molar-refractivity contribution in [1.29, 1.82) is 0 Å². The van der Waals surface area contributed by atoms with Crippen LogP contribution < -0.4 is 10.6 Å². The number of nitrogens with zero attached hydrogens (tertiary/aromatic N) is 3. The molecule has 0 saturated carbocycles.